The van der Waals surface area contributed by atoms with Crippen molar-refractivity contribution < 1.29 is 4.92 Å². The fourth-order valence-corrected chi connectivity index (χ4v) is 1.99. The van der Waals surface area contributed by atoms with E-state index in [0.717, 1.165) is 12.0 Å². The third kappa shape index (κ3) is 2.78. The Morgan fingerprint density at radius 3 is 2.86 bits per heavy atom. The van der Waals surface area contributed by atoms with Crippen LogP contribution in [0.5, 0.6) is 0 Å². The standard InChI is InChI=1S/C13H12N6O2/c20-19(21)11-3-1-10(2-4-11)5-6-14-12-13-17-16-9-18(13)8-7-15-12/h1-4,7-9H,5-6H2,(H,14,15). The molecule has 0 fully saturated rings. The summed E-state index contributed by atoms with van der Waals surface area (Å²) in [6, 6.07) is 6.52. The summed E-state index contributed by atoms with van der Waals surface area (Å²) in [6.45, 7) is 0.650. The van der Waals surface area contributed by atoms with Crippen LogP contribution in [0.25, 0.3) is 5.65 Å². The van der Waals surface area contributed by atoms with E-state index in [2.05, 4.69) is 20.5 Å². The van der Waals surface area contributed by atoms with Gasteiger partial charge in [0.2, 0.25) is 5.65 Å². The summed E-state index contributed by atoms with van der Waals surface area (Å²) in [5.74, 6) is 0.664. The average Bonchev–Trinajstić information content (AvgIpc) is 2.97. The van der Waals surface area contributed by atoms with E-state index in [1.165, 1.54) is 12.1 Å². The molecule has 8 nitrogen and oxygen atoms in total. The molecule has 2 aromatic heterocycles. The monoisotopic (exact) mass is 284 g/mol. The number of rotatable bonds is 5. The van der Waals surface area contributed by atoms with Crippen molar-refractivity contribution in [1.82, 2.24) is 19.6 Å². The number of anilines is 1. The van der Waals surface area contributed by atoms with Gasteiger partial charge in [-0.15, -0.1) is 10.2 Å². The third-order valence-electron chi connectivity index (χ3n) is 3.07. The number of hydrogen-bond acceptors (Lipinski definition) is 6. The normalized spacial score (nSPS) is 10.7. The Morgan fingerprint density at radius 2 is 2.10 bits per heavy atom. The molecular formula is C13H12N6O2. The maximum atomic E-state index is 10.6. The molecule has 106 valence electrons. The highest BCUT2D eigenvalue weighted by Gasteiger charge is 2.05. The van der Waals surface area contributed by atoms with Crippen molar-refractivity contribution >= 4 is 17.2 Å². The molecule has 0 amide bonds. The molecule has 0 saturated heterocycles. The summed E-state index contributed by atoms with van der Waals surface area (Å²) in [6.07, 6.45) is 5.79. The van der Waals surface area contributed by atoms with Gasteiger partial charge < -0.3 is 5.32 Å². The van der Waals surface area contributed by atoms with Gasteiger partial charge in [0.1, 0.15) is 6.33 Å². The third-order valence-corrected chi connectivity index (χ3v) is 3.07. The van der Waals surface area contributed by atoms with E-state index in [-0.39, 0.29) is 5.69 Å². The molecule has 0 spiro atoms. The van der Waals surface area contributed by atoms with Crippen molar-refractivity contribution in [3.63, 3.8) is 0 Å². The first-order chi connectivity index (χ1) is 10.2. The van der Waals surface area contributed by atoms with E-state index < -0.39 is 4.92 Å². The van der Waals surface area contributed by atoms with E-state index in [1.807, 2.05) is 0 Å². The molecule has 0 aliphatic heterocycles. The number of hydrogen-bond donors (Lipinski definition) is 1. The number of benzene rings is 1. The molecule has 2 heterocycles. The highest BCUT2D eigenvalue weighted by Crippen LogP contribution is 2.13. The minimum atomic E-state index is -0.405. The van der Waals surface area contributed by atoms with Crippen LogP contribution in [0.2, 0.25) is 0 Å². The number of non-ortho nitro benzene ring substituents is 1. The first kappa shape index (κ1) is 13.0. The van der Waals surface area contributed by atoms with E-state index in [1.54, 1.807) is 35.3 Å². The molecule has 0 radical (unpaired) electrons. The quantitative estimate of drug-likeness (QED) is 0.565. The molecular weight excluding hydrogens is 272 g/mol. The summed E-state index contributed by atoms with van der Waals surface area (Å²) in [4.78, 5) is 14.4. The molecule has 0 saturated carbocycles. The largest absolute Gasteiger partial charge is 0.367 e. The Morgan fingerprint density at radius 1 is 1.29 bits per heavy atom. The van der Waals surface area contributed by atoms with Gasteiger partial charge in [0, 0.05) is 31.1 Å². The van der Waals surface area contributed by atoms with Gasteiger partial charge in [-0.05, 0) is 12.0 Å². The van der Waals surface area contributed by atoms with Gasteiger partial charge in [-0.25, -0.2) is 4.98 Å². The lowest BCUT2D eigenvalue weighted by Crippen LogP contribution is -2.07. The van der Waals surface area contributed by atoms with Crippen LogP contribution >= 0.6 is 0 Å². The zero-order valence-corrected chi connectivity index (χ0v) is 11.0. The summed E-state index contributed by atoms with van der Waals surface area (Å²) in [7, 11) is 0. The summed E-state index contributed by atoms with van der Waals surface area (Å²) < 4.78 is 1.78. The van der Waals surface area contributed by atoms with Crippen LogP contribution in [0.15, 0.2) is 43.0 Å². The number of nitrogens with one attached hydrogen (secondary N) is 1. The molecule has 1 N–H and O–H groups in total. The van der Waals surface area contributed by atoms with Crippen LogP contribution in [0, 0.1) is 10.1 Å². The van der Waals surface area contributed by atoms with Crippen LogP contribution in [0.3, 0.4) is 0 Å². The lowest BCUT2D eigenvalue weighted by molar-refractivity contribution is -0.384. The first-order valence-corrected chi connectivity index (χ1v) is 6.35. The molecule has 0 atom stereocenters. The second kappa shape index (κ2) is 5.53. The molecule has 0 aliphatic rings. The summed E-state index contributed by atoms with van der Waals surface area (Å²) in [5, 5.41) is 21.6. The predicted octanol–water partition coefficient (Wildman–Crippen LogP) is 1.69. The SMILES string of the molecule is O=[N+]([O-])c1ccc(CCNc2nccn3cnnc23)cc1. The molecule has 0 unspecified atom stereocenters. The van der Waals surface area contributed by atoms with E-state index >= 15 is 0 Å². The smallest absolute Gasteiger partial charge is 0.269 e. The van der Waals surface area contributed by atoms with Gasteiger partial charge in [0.05, 0.1) is 4.92 Å². The van der Waals surface area contributed by atoms with Crippen molar-refractivity contribution in [2.45, 2.75) is 6.42 Å². The maximum Gasteiger partial charge on any atom is 0.269 e. The van der Waals surface area contributed by atoms with Crippen molar-refractivity contribution in [2.24, 2.45) is 0 Å². The Kier molecular flexibility index (Phi) is 3.42. The van der Waals surface area contributed by atoms with Crippen molar-refractivity contribution in [3.05, 3.63) is 58.7 Å². The molecule has 3 rings (SSSR count). The number of nitrogens with zero attached hydrogens (tertiary/aromatic N) is 5. The maximum absolute atomic E-state index is 10.6. The number of nitro groups is 1. The fraction of sp³-hybridized carbons (Fsp3) is 0.154. The van der Waals surface area contributed by atoms with Crippen molar-refractivity contribution in [2.75, 3.05) is 11.9 Å². The Bertz CT molecular complexity index is 768. The van der Waals surface area contributed by atoms with Gasteiger partial charge in [0.25, 0.3) is 5.69 Å². The lowest BCUT2D eigenvalue weighted by atomic mass is 10.1. The van der Waals surface area contributed by atoms with Crippen molar-refractivity contribution in [3.8, 4) is 0 Å². The Labute approximate surface area is 119 Å². The Balaban J connectivity index is 1.63. The fourth-order valence-electron chi connectivity index (χ4n) is 1.99. The molecule has 1 aromatic carbocycles. The van der Waals surface area contributed by atoms with E-state index in [9.17, 15) is 10.1 Å². The van der Waals surface area contributed by atoms with Gasteiger partial charge in [-0.2, -0.15) is 0 Å². The van der Waals surface area contributed by atoms with Gasteiger partial charge in [0.15, 0.2) is 5.82 Å². The van der Waals surface area contributed by atoms with Gasteiger partial charge in [-0.3, -0.25) is 14.5 Å². The first-order valence-electron chi connectivity index (χ1n) is 6.35. The second-order valence-corrected chi connectivity index (χ2v) is 4.44. The number of nitro benzene ring substituents is 1. The lowest BCUT2D eigenvalue weighted by Gasteiger charge is -2.06. The average molecular weight is 284 g/mol. The second-order valence-electron chi connectivity index (χ2n) is 4.44. The van der Waals surface area contributed by atoms with Crippen LogP contribution in [0.1, 0.15) is 5.56 Å². The minimum Gasteiger partial charge on any atom is -0.367 e. The van der Waals surface area contributed by atoms with Crippen LogP contribution in [0.4, 0.5) is 11.5 Å². The number of fused-ring (bicyclic) bond motifs is 1. The molecule has 0 aliphatic carbocycles. The Hall–Kier alpha value is -3.03. The van der Waals surface area contributed by atoms with Gasteiger partial charge in [-0.1, -0.05) is 12.1 Å². The zero-order chi connectivity index (χ0) is 14.7. The topological polar surface area (TPSA) is 98.2 Å². The molecule has 3 aromatic rings. The zero-order valence-electron chi connectivity index (χ0n) is 11.0. The molecule has 0 bridgehead atoms. The van der Waals surface area contributed by atoms with E-state index in [4.69, 9.17) is 0 Å². The number of aromatic nitrogens is 4. The predicted molar refractivity (Wildman–Crippen MR) is 76.1 cm³/mol. The minimum absolute atomic E-state index is 0.0987. The van der Waals surface area contributed by atoms with Crippen LogP contribution in [-0.2, 0) is 6.42 Å². The van der Waals surface area contributed by atoms with Crippen LogP contribution < -0.4 is 5.32 Å². The highest BCUT2D eigenvalue weighted by molar-refractivity contribution is 5.61. The molecule has 21 heavy (non-hydrogen) atoms. The summed E-state index contributed by atoms with van der Waals surface area (Å²) in [5.41, 5.74) is 1.78. The van der Waals surface area contributed by atoms with Gasteiger partial charge >= 0.3 is 0 Å². The molecule has 8 heteroatoms. The van der Waals surface area contributed by atoms with Crippen molar-refractivity contribution in [1.29, 1.82) is 0 Å². The summed E-state index contributed by atoms with van der Waals surface area (Å²) >= 11 is 0. The van der Waals surface area contributed by atoms with Crippen LogP contribution in [-0.4, -0.2) is 31.1 Å². The highest BCUT2D eigenvalue weighted by atomic mass is 16.6. The van der Waals surface area contributed by atoms with E-state index in [0.29, 0.717) is 18.0 Å².